The summed E-state index contributed by atoms with van der Waals surface area (Å²) in [6, 6.07) is 20.9. The van der Waals surface area contributed by atoms with E-state index in [1.165, 1.54) is 15.3 Å². The van der Waals surface area contributed by atoms with Gasteiger partial charge in [0, 0.05) is 29.9 Å². The van der Waals surface area contributed by atoms with Crippen molar-refractivity contribution < 1.29 is 9.90 Å². The highest BCUT2D eigenvalue weighted by atomic mass is 32.1. The molecule has 0 aliphatic heterocycles. The number of aryl methyl sites for hydroxylation is 1. The van der Waals surface area contributed by atoms with E-state index in [4.69, 9.17) is 9.97 Å². The highest BCUT2D eigenvalue weighted by molar-refractivity contribution is 7.23. The Morgan fingerprint density at radius 1 is 1.03 bits per heavy atom. The van der Waals surface area contributed by atoms with Crippen molar-refractivity contribution in [2.75, 3.05) is 0 Å². The summed E-state index contributed by atoms with van der Waals surface area (Å²) in [7, 11) is 0. The number of hydrogen-bond acceptors (Lipinski definition) is 4. The van der Waals surface area contributed by atoms with Crippen LogP contribution in [0.4, 0.5) is 4.79 Å². The summed E-state index contributed by atoms with van der Waals surface area (Å²) in [5.74, 6) is 1.08. The monoisotopic (exact) mass is 526 g/mol. The van der Waals surface area contributed by atoms with Crippen LogP contribution in [-0.2, 0) is 19.5 Å². The van der Waals surface area contributed by atoms with Gasteiger partial charge in [-0.05, 0) is 49.9 Å². The van der Waals surface area contributed by atoms with Crippen molar-refractivity contribution in [3.05, 3.63) is 83.8 Å². The molecule has 0 radical (unpaired) electrons. The van der Waals surface area contributed by atoms with E-state index in [-0.39, 0.29) is 0 Å². The Kier molecular flexibility index (Phi) is 7.21. The van der Waals surface area contributed by atoms with Gasteiger partial charge in [0.15, 0.2) is 0 Å². The van der Waals surface area contributed by atoms with Gasteiger partial charge in [-0.3, -0.25) is 9.88 Å². The van der Waals surface area contributed by atoms with Gasteiger partial charge < -0.3 is 9.67 Å². The Balaban J connectivity index is 1.52. The molecular formula is C31H34N4O2S. The molecule has 6 nitrogen and oxygen atoms in total. The zero-order valence-electron chi connectivity index (χ0n) is 22.4. The van der Waals surface area contributed by atoms with Crippen molar-refractivity contribution in [3.8, 4) is 10.4 Å². The summed E-state index contributed by atoms with van der Waals surface area (Å²) in [5.41, 5.74) is 5.94. The number of amides is 1. The number of fused-ring (bicyclic) bond motifs is 3. The highest BCUT2D eigenvalue weighted by Crippen LogP contribution is 2.37. The second-order valence-corrected chi connectivity index (χ2v) is 11.8. The molecule has 5 aromatic rings. The van der Waals surface area contributed by atoms with Crippen molar-refractivity contribution in [1.82, 2.24) is 19.4 Å². The first-order valence-electron chi connectivity index (χ1n) is 13.2. The molecule has 3 heterocycles. The normalized spacial score (nSPS) is 11.9. The van der Waals surface area contributed by atoms with Gasteiger partial charge in [0.05, 0.1) is 21.9 Å². The van der Waals surface area contributed by atoms with Gasteiger partial charge in [-0.1, -0.05) is 67.9 Å². The fourth-order valence-corrected chi connectivity index (χ4v) is 5.95. The van der Waals surface area contributed by atoms with E-state index in [1.807, 2.05) is 45.2 Å². The topological polar surface area (TPSA) is 71.2 Å². The lowest BCUT2D eigenvalue weighted by Crippen LogP contribution is -2.44. The van der Waals surface area contributed by atoms with Crippen LogP contribution in [0.1, 0.15) is 57.5 Å². The van der Waals surface area contributed by atoms with Crippen LogP contribution >= 0.6 is 11.3 Å². The van der Waals surface area contributed by atoms with Crippen LogP contribution in [0.25, 0.3) is 31.7 Å². The number of imidazole rings is 1. The molecule has 0 atom stereocenters. The van der Waals surface area contributed by atoms with Gasteiger partial charge >= 0.3 is 6.09 Å². The van der Waals surface area contributed by atoms with Crippen LogP contribution in [0.2, 0.25) is 0 Å². The molecule has 38 heavy (non-hydrogen) atoms. The lowest BCUT2D eigenvalue weighted by atomic mass is 10.0. The maximum Gasteiger partial charge on any atom is 0.408 e. The standard InChI is InChI=1S/C31H34N4O2S/c1-5-6-12-27-33-25-18-32-24-17-26(23-10-8-7-9-11-23)38-29(24)28(25)34(27)19-21-13-15-22(16-14-21)20-35(30(36)37)31(2,3)4/h7-11,13-18H,5-6,12,19-20H2,1-4H3,(H,36,37). The Bertz CT molecular complexity index is 1560. The smallest absolute Gasteiger partial charge is 0.408 e. The number of carboxylic acid groups (broad SMARTS) is 1. The first kappa shape index (κ1) is 25.9. The third-order valence-corrected chi connectivity index (χ3v) is 8.06. The van der Waals surface area contributed by atoms with Gasteiger partial charge in [0.25, 0.3) is 0 Å². The van der Waals surface area contributed by atoms with Crippen molar-refractivity contribution in [1.29, 1.82) is 0 Å². The number of hydrogen-bond donors (Lipinski definition) is 1. The second kappa shape index (κ2) is 10.6. The molecule has 1 amide bonds. The number of rotatable bonds is 8. The fraction of sp³-hybridized carbons (Fsp3) is 0.323. The summed E-state index contributed by atoms with van der Waals surface area (Å²) in [5, 5.41) is 9.67. The molecule has 0 bridgehead atoms. The number of pyridine rings is 1. The predicted molar refractivity (Wildman–Crippen MR) is 156 cm³/mol. The van der Waals surface area contributed by atoms with E-state index < -0.39 is 11.6 Å². The zero-order valence-corrected chi connectivity index (χ0v) is 23.3. The first-order valence-corrected chi connectivity index (χ1v) is 14.0. The molecule has 0 unspecified atom stereocenters. The second-order valence-electron chi connectivity index (χ2n) is 10.8. The van der Waals surface area contributed by atoms with Gasteiger partial charge in [0.1, 0.15) is 11.3 Å². The lowest BCUT2D eigenvalue weighted by molar-refractivity contribution is 0.0955. The number of aromatic nitrogens is 3. The number of carbonyl (C=O) groups is 1. The third kappa shape index (κ3) is 5.29. The lowest BCUT2D eigenvalue weighted by Gasteiger charge is -2.33. The van der Waals surface area contributed by atoms with Crippen LogP contribution in [0.3, 0.4) is 0 Å². The minimum Gasteiger partial charge on any atom is -0.465 e. The molecule has 0 aliphatic rings. The van der Waals surface area contributed by atoms with Gasteiger partial charge in [-0.2, -0.15) is 0 Å². The van der Waals surface area contributed by atoms with Crippen molar-refractivity contribution >= 4 is 38.7 Å². The van der Waals surface area contributed by atoms with E-state index in [0.717, 1.165) is 57.5 Å². The van der Waals surface area contributed by atoms with Crippen LogP contribution in [-0.4, -0.2) is 36.2 Å². The van der Waals surface area contributed by atoms with Crippen LogP contribution in [0.5, 0.6) is 0 Å². The highest BCUT2D eigenvalue weighted by Gasteiger charge is 2.26. The number of nitrogens with zero attached hydrogens (tertiary/aromatic N) is 4. The van der Waals surface area contributed by atoms with Crippen molar-refractivity contribution in [3.63, 3.8) is 0 Å². The Labute approximate surface area is 227 Å². The Morgan fingerprint density at radius 3 is 2.39 bits per heavy atom. The molecule has 7 heteroatoms. The molecule has 0 aliphatic carbocycles. The molecule has 0 saturated carbocycles. The molecule has 5 rings (SSSR count). The van der Waals surface area contributed by atoms with Gasteiger partial charge in [-0.25, -0.2) is 9.78 Å². The van der Waals surface area contributed by atoms with Crippen molar-refractivity contribution in [2.24, 2.45) is 0 Å². The van der Waals surface area contributed by atoms with Crippen LogP contribution < -0.4 is 0 Å². The molecule has 2 aromatic carbocycles. The molecule has 0 fully saturated rings. The largest absolute Gasteiger partial charge is 0.465 e. The zero-order chi connectivity index (χ0) is 26.9. The van der Waals surface area contributed by atoms with Crippen LogP contribution in [0.15, 0.2) is 66.9 Å². The summed E-state index contributed by atoms with van der Waals surface area (Å²) in [6.45, 7) is 9.02. The van der Waals surface area contributed by atoms with E-state index in [1.54, 1.807) is 11.3 Å². The summed E-state index contributed by atoms with van der Waals surface area (Å²) < 4.78 is 3.52. The molecule has 0 saturated heterocycles. The number of unbranched alkanes of at least 4 members (excludes halogenated alkanes) is 1. The summed E-state index contributed by atoms with van der Waals surface area (Å²) in [6.07, 6.45) is 4.10. The molecule has 196 valence electrons. The number of thiophene rings is 1. The summed E-state index contributed by atoms with van der Waals surface area (Å²) >= 11 is 1.77. The quantitative estimate of drug-likeness (QED) is 0.222. The Morgan fingerprint density at radius 2 is 1.74 bits per heavy atom. The van der Waals surface area contributed by atoms with Gasteiger partial charge in [0.2, 0.25) is 0 Å². The summed E-state index contributed by atoms with van der Waals surface area (Å²) in [4.78, 5) is 24.2. The molecule has 0 spiro atoms. The minimum atomic E-state index is -0.907. The molecular weight excluding hydrogens is 492 g/mol. The average molecular weight is 527 g/mol. The first-order chi connectivity index (χ1) is 18.2. The molecule has 1 N–H and O–H groups in total. The van der Waals surface area contributed by atoms with Crippen LogP contribution in [0, 0.1) is 0 Å². The van der Waals surface area contributed by atoms with Crippen molar-refractivity contribution in [2.45, 2.75) is 65.6 Å². The van der Waals surface area contributed by atoms with E-state index >= 15 is 0 Å². The van der Waals surface area contributed by atoms with E-state index in [9.17, 15) is 9.90 Å². The fourth-order valence-electron chi connectivity index (χ4n) is 4.77. The van der Waals surface area contributed by atoms with E-state index in [0.29, 0.717) is 13.1 Å². The molecule has 3 aromatic heterocycles. The third-order valence-electron chi connectivity index (χ3n) is 6.88. The maximum atomic E-state index is 11.8. The maximum absolute atomic E-state index is 11.8. The van der Waals surface area contributed by atoms with E-state index in [2.05, 4.69) is 54.0 Å². The minimum absolute atomic E-state index is 0.360. The predicted octanol–water partition coefficient (Wildman–Crippen LogP) is 7.98. The average Bonchev–Trinajstić information content (AvgIpc) is 3.48. The SMILES string of the molecule is CCCCc1nc2cnc3cc(-c4ccccc4)sc3c2n1Cc1ccc(CN(C(=O)O)C(C)(C)C)cc1. The number of benzene rings is 2. The van der Waals surface area contributed by atoms with Gasteiger partial charge in [-0.15, -0.1) is 11.3 Å². The Hall–Kier alpha value is -3.71.